The third-order valence-corrected chi connectivity index (χ3v) is 8.37. The Labute approximate surface area is 251 Å². The molecular weight excluding hydrogens is 528 g/mol. The van der Waals surface area contributed by atoms with Crippen LogP contribution in [0.4, 0.5) is 0 Å². The number of aliphatic hydroxyl groups excluding tert-OH is 2. The van der Waals surface area contributed by atoms with E-state index in [9.17, 15) is 10.2 Å². The van der Waals surface area contributed by atoms with Crippen LogP contribution in [0.25, 0.3) is 0 Å². The zero-order valence-corrected chi connectivity index (χ0v) is 26.8. The lowest BCUT2D eigenvalue weighted by Crippen LogP contribution is -2.55. The van der Waals surface area contributed by atoms with Gasteiger partial charge in [-0.3, -0.25) is 0 Å². The second-order valence-corrected chi connectivity index (χ2v) is 12.3. The first-order chi connectivity index (χ1) is 19.0. The molecule has 1 fully saturated rings. The van der Waals surface area contributed by atoms with Gasteiger partial charge < -0.3 is 24.4 Å². The van der Waals surface area contributed by atoms with Crippen molar-refractivity contribution in [3.8, 4) is 0 Å². The van der Waals surface area contributed by atoms with Gasteiger partial charge in [-0.25, -0.2) is 0 Å². The fourth-order valence-electron chi connectivity index (χ4n) is 5.09. The highest BCUT2D eigenvalue weighted by atomic mass is 32.1. The molecule has 0 aliphatic carbocycles. The third-order valence-electron chi connectivity index (χ3n) is 7.75. The van der Waals surface area contributed by atoms with Crippen molar-refractivity contribution in [3.63, 3.8) is 0 Å². The maximum atomic E-state index is 10.6. The van der Waals surface area contributed by atoms with Gasteiger partial charge in [-0.2, -0.15) is 0 Å². The molecule has 0 amide bonds. The van der Waals surface area contributed by atoms with Crippen LogP contribution in [0.2, 0.25) is 0 Å². The largest absolute Gasteiger partial charge is 0.484 e. The van der Waals surface area contributed by atoms with E-state index in [4.69, 9.17) is 38.6 Å². The Bertz CT molecular complexity index is 601. The second kappa shape index (κ2) is 25.4. The van der Waals surface area contributed by atoms with Crippen molar-refractivity contribution in [1.82, 2.24) is 0 Å². The minimum Gasteiger partial charge on any atom is -0.484 e. The van der Waals surface area contributed by atoms with Crippen molar-refractivity contribution in [2.75, 3.05) is 13.2 Å². The monoisotopic (exact) mass is 588 g/mol. The molecule has 5 nitrogen and oxygen atoms in total. The van der Waals surface area contributed by atoms with Crippen molar-refractivity contribution in [2.24, 2.45) is 0 Å². The standard InChI is InChI=1S/C32H60O5S2/c1-3-5-7-9-11-13-15-17-19-21-23-29(38)36-25-27-31(33)32(34)28(26-35-27)37-30(39)24-22-20-18-16-14-12-10-8-6-4-2/h27-28,31-34H,3-26H2,1-2H3/t27-,28+,31-,32-/m0/s1. The zero-order valence-electron chi connectivity index (χ0n) is 25.2. The van der Waals surface area contributed by atoms with Crippen molar-refractivity contribution in [2.45, 2.75) is 180 Å². The van der Waals surface area contributed by atoms with Gasteiger partial charge in [0.15, 0.2) is 16.2 Å². The number of rotatable bonds is 25. The van der Waals surface area contributed by atoms with Crippen LogP contribution >= 0.6 is 24.4 Å². The average molecular weight is 589 g/mol. The molecule has 1 rings (SSSR count). The van der Waals surface area contributed by atoms with E-state index < -0.39 is 24.4 Å². The van der Waals surface area contributed by atoms with E-state index in [2.05, 4.69) is 13.8 Å². The number of ether oxygens (including phenoxy) is 3. The minimum atomic E-state index is -1.09. The molecule has 230 valence electrons. The topological polar surface area (TPSA) is 68.2 Å². The molecule has 0 saturated carbocycles. The Balaban J connectivity index is 2.06. The molecule has 1 aliphatic heterocycles. The van der Waals surface area contributed by atoms with Gasteiger partial charge in [0.05, 0.1) is 6.61 Å². The summed E-state index contributed by atoms with van der Waals surface area (Å²) >= 11 is 10.7. The Morgan fingerprint density at radius 3 is 1.49 bits per heavy atom. The lowest BCUT2D eigenvalue weighted by Gasteiger charge is -2.37. The second-order valence-electron chi connectivity index (χ2n) is 11.4. The van der Waals surface area contributed by atoms with Crippen LogP contribution in [0.3, 0.4) is 0 Å². The number of unbranched alkanes of at least 4 members (excludes halogenated alkanes) is 18. The summed E-state index contributed by atoms with van der Waals surface area (Å²) in [4.78, 5) is 0. The Hall–Kier alpha value is -0.340. The van der Waals surface area contributed by atoms with Crippen molar-refractivity contribution in [1.29, 1.82) is 0 Å². The van der Waals surface area contributed by atoms with Crippen LogP contribution in [0.1, 0.15) is 155 Å². The molecule has 0 spiro atoms. The summed E-state index contributed by atoms with van der Waals surface area (Å²) < 4.78 is 17.2. The molecule has 0 radical (unpaired) electrons. The number of hydrogen-bond acceptors (Lipinski definition) is 7. The Kier molecular flexibility index (Phi) is 23.9. The van der Waals surface area contributed by atoms with E-state index in [0.29, 0.717) is 16.5 Å². The van der Waals surface area contributed by atoms with E-state index >= 15 is 0 Å². The minimum absolute atomic E-state index is 0.143. The van der Waals surface area contributed by atoms with E-state index in [1.54, 1.807) is 0 Å². The quantitative estimate of drug-likeness (QED) is 0.0816. The van der Waals surface area contributed by atoms with Gasteiger partial charge >= 0.3 is 0 Å². The maximum absolute atomic E-state index is 10.6. The molecule has 0 aromatic carbocycles. The van der Waals surface area contributed by atoms with E-state index in [-0.39, 0.29) is 13.2 Å². The third kappa shape index (κ3) is 19.4. The van der Waals surface area contributed by atoms with Crippen molar-refractivity contribution in [3.05, 3.63) is 0 Å². The average Bonchev–Trinajstić information content (AvgIpc) is 2.93. The highest BCUT2D eigenvalue weighted by Crippen LogP contribution is 2.21. The number of aliphatic hydroxyl groups is 2. The number of thiocarbonyl (C=S) groups is 2. The summed E-state index contributed by atoms with van der Waals surface area (Å²) in [6.07, 6.45) is 23.6. The molecule has 0 aromatic heterocycles. The molecular formula is C32H60O5S2. The van der Waals surface area contributed by atoms with Crippen molar-refractivity contribution < 1.29 is 24.4 Å². The van der Waals surface area contributed by atoms with Crippen LogP contribution in [-0.4, -0.2) is 57.9 Å². The Morgan fingerprint density at radius 1 is 0.615 bits per heavy atom. The van der Waals surface area contributed by atoms with Gasteiger partial charge in [0.1, 0.15) is 24.9 Å². The summed E-state index contributed by atoms with van der Waals surface area (Å²) in [7, 11) is 0. The van der Waals surface area contributed by atoms with Gasteiger partial charge in [-0.1, -0.05) is 129 Å². The predicted octanol–water partition coefficient (Wildman–Crippen LogP) is 8.79. The smallest absolute Gasteiger partial charge is 0.160 e. The summed E-state index contributed by atoms with van der Waals surface area (Å²) in [5.74, 6) is 0. The van der Waals surface area contributed by atoms with Crippen LogP contribution in [0, 0.1) is 0 Å². The molecule has 1 heterocycles. The Morgan fingerprint density at radius 2 is 1.03 bits per heavy atom. The summed E-state index contributed by atoms with van der Waals surface area (Å²) in [5.41, 5.74) is 0. The maximum Gasteiger partial charge on any atom is 0.160 e. The molecule has 7 heteroatoms. The number of hydrogen-bond donors (Lipinski definition) is 2. The van der Waals surface area contributed by atoms with E-state index in [1.165, 1.54) is 103 Å². The normalized spacial score (nSPS) is 21.1. The van der Waals surface area contributed by atoms with Crippen LogP contribution < -0.4 is 0 Å². The highest BCUT2D eigenvalue weighted by molar-refractivity contribution is 7.80. The summed E-state index contributed by atoms with van der Waals surface area (Å²) in [5, 5.41) is 22.2. The fourth-order valence-corrected chi connectivity index (χ4v) is 5.57. The van der Waals surface area contributed by atoms with Gasteiger partial charge in [-0.15, -0.1) is 0 Å². The highest BCUT2D eigenvalue weighted by Gasteiger charge is 2.40. The molecule has 1 aliphatic rings. The molecule has 0 unspecified atom stereocenters. The molecule has 2 N–H and O–H groups in total. The summed E-state index contributed by atoms with van der Waals surface area (Å²) in [6, 6.07) is 0. The fraction of sp³-hybridized carbons (Fsp3) is 0.938. The molecule has 0 aromatic rings. The van der Waals surface area contributed by atoms with Gasteiger partial charge in [0.2, 0.25) is 0 Å². The van der Waals surface area contributed by atoms with Crippen LogP contribution in [-0.2, 0) is 14.2 Å². The van der Waals surface area contributed by atoms with E-state index in [1.807, 2.05) is 0 Å². The first-order valence-electron chi connectivity index (χ1n) is 16.3. The lowest BCUT2D eigenvalue weighted by molar-refractivity contribution is -0.190. The first-order valence-corrected chi connectivity index (χ1v) is 17.1. The zero-order chi connectivity index (χ0) is 28.6. The molecule has 4 atom stereocenters. The van der Waals surface area contributed by atoms with Crippen LogP contribution in [0.15, 0.2) is 0 Å². The van der Waals surface area contributed by atoms with Crippen LogP contribution in [0.5, 0.6) is 0 Å². The van der Waals surface area contributed by atoms with Gasteiger partial charge in [-0.05, 0) is 37.3 Å². The SMILES string of the molecule is CCCCCCCCCCCCC(=S)OC[C@@H]1OC[C@@H](OC(=S)CCCCCCCCCCCC)[C@H](O)[C@H]1O. The predicted molar refractivity (Wildman–Crippen MR) is 171 cm³/mol. The molecule has 0 bridgehead atoms. The van der Waals surface area contributed by atoms with Crippen molar-refractivity contribution >= 4 is 34.5 Å². The first kappa shape index (κ1) is 36.7. The molecule has 1 saturated heterocycles. The summed E-state index contributed by atoms with van der Waals surface area (Å²) in [6.45, 7) is 4.82. The van der Waals surface area contributed by atoms with Gasteiger partial charge in [0, 0.05) is 12.8 Å². The lowest BCUT2D eigenvalue weighted by atomic mass is 10.0. The van der Waals surface area contributed by atoms with Gasteiger partial charge in [0.25, 0.3) is 0 Å². The van der Waals surface area contributed by atoms with E-state index in [0.717, 1.165) is 32.1 Å². The molecule has 39 heavy (non-hydrogen) atoms.